The van der Waals surface area contributed by atoms with Gasteiger partial charge in [-0.1, -0.05) is 24.3 Å². The van der Waals surface area contributed by atoms with Crippen molar-refractivity contribution >= 4 is 27.7 Å². The topological polar surface area (TPSA) is 83.0 Å². The van der Waals surface area contributed by atoms with Crippen LogP contribution < -0.4 is 10.9 Å². The van der Waals surface area contributed by atoms with Crippen molar-refractivity contribution in [1.82, 2.24) is 25.0 Å². The van der Waals surface area contributed by atoms with Crippen molar-refractivity contribution in [3.63, 3.8) is 0 Å². The Morgan fingerprint density at radius 3 is 2.55 bits per heavy atom. The van der Waals surface area contributed by atoms with Crippen LogP contribution in [0.15, 0.2) is 53.5 Å². The highest BCUT2D eigenvalue weighted by Gasteiger charge is 2.13. The fraction of sp³-hybridized carbons (Fsp3) is 0.292. The first-order valence-electron chi connectivity index (χ1n) is 10.5. The van der Waals surface area contributed by atoms with Gasteiger partial charge in [-0.2, -0.15) is 5.10 Å². The van der Waals surface area contributed by atoms with E-state index in [1.165, 1.54) is 0 Å². The molecule has 0 unspecified atom stereocenters. The highest BCUT2D eigenvalue weighted by atomic mass is 16.1. The molecule has 0 radical (unpaired) electrons. The Balaban J connectivity index is 1.61. The van der Waals surface area contributed by atoms with Gasteiger partial charge in [-0.25, -0.2) is 0 Å². The Morgan fingerprint density at radius 2 is 1.84 bits per heavy atom. The number of amides is 1. The van der Waals surface area contributed by atoms with Gasteiger partial charge in [0.15, 0.2) is 0 Å². The first-order chi connectivity index (χ1) is 15.0. The van der Waals surface area contributed by atoms with E-state index in [0.717, 1.165) is 40.5 Å². The molecule has 2 heterocycles. The van der Waals surface area contributed by atoms with Crippen LogP contribution in [0.25, 0.3) is 32.9 Å². The number of rotatable bonds is 7. The molecule has 7 nitrogen and oxygen atoms in total. The van der Waals surface area contributed by atoms with Crippen molar-refractivity contribution in [3.8, 4) is 11.1 Å². The molecule has 4 rings (SSSR count). The lowest BCUT2D eigenvalue weighted by atomic mass is 10.0. The van der Waals surface area contributed by atoms with Gasteiger partial charge < -0.3 is 14.8 Å². The molecule has 4 aromatic rings. The molecular formula is C24H27N5O2. The number of hydrogen-bond donors (Lipinski definition) is 2. The summed E-state index contributed by atoms with van der Waals surface area (Å²) in [6.45, 7) is 4.13. The summed E-state index contributed by atoms with van der Waals surface area (Å²) in [6.07, 6.45) is 2.50. The van der Waals surface area contributed by atoms with Gasteiger partial charge in [-0.3, -0.25) is 14.7 Å². The van der Waals surface area contributed by atoms with Crippen LogP contribution in [0, 0.1) is 0 Å². The minimum Gasteiger partial charge on any atom is -0.352 e. The van der Waals surface area contributed by atoms with Crippen LogP contribution in [0.1, 0.15) is 23.7 Å². The van der Waals surface area contributed by atoms with Gasteiger partial charge in [0.2, 0.25) is 0 Å². The Hall–Kier alpha value is -3.45. The summed E-state index contributed by atoms with van der Waals surface area (Å²) in [4.78, 5) is 27.3. The number of aromatic nitrogens is 3. The largest absolute Gasteiger partial charge is 0.352 e. The number of hydrogen-bond acceptors (Lipinski definition) is 4. The third-order valence-corrected chi connectivity index (χ3v) is 5.54. The molecule has 1 amide bonds. The van der Waals surface area contributed by atoms with Crippen molar-refractivity contribution in [2.45, 2.75) is 19.9 Å². The Labute approximate surface area is 180 Å². The number of pyridine rings is 1. The van der Waals surface area contributed by atoms with Crippen molar-refractivity contribution in [3.05, 3.63) is 64.6 Å². The monoisotopic (exact) mass is 417 g/mol. The summed E-state index contributed by atoms with van der Waals surface area (Å²) in [5.74, 6) is -0.0646. The Morgan fingerprint density at radius 1 is 1.10 bits per heavy atom. The van der Waals surface area contributed by atoms with Gasteiger partial charge in [0.1, 0.15) is 0 Å². The molecule has 0 aliphatic rings. The number of benzene rings is 2. The lowest BCUT2D eigenvalue weighted by Crippen LogP contribution is -2.27. The van der Waals surface area contributed by atoms with E-state index in [2.05, 4.69) is 20.4 Å². The standard InChI is InChI=1S/C24H27N5O2/c1-4-29-21-14-18(10-11-19(21)22-20(24(29)31)15-26-27-22)16-6-8-17(9-7-16)23(30)25-12-5-13-28(2)3/h6-11,14-15H,4-5,12-13H2,1-3H3,(H,25,30)(H,26,27). The summed E-state index contributed by atoms with van der Waals surface area (Å²) in [5, 5.41) is 11.5. The maximum Gasteiger partial charge on any atom is 0.262 e. The van der Waals surface area contributed by atoms with E-state index in [1.54, 1.807) is 10.8 Å². The zero-order valence-corrected chi connectivity index (χ0v) is 18.1. The lowest BCUT2D eigenvalue weighted by Gasteiger charge is -2.12. The molecule has 0 saturated carbocycles. The van der Waals surface area contributed by atoms with E-state index in [0.29, 0.717) is 24.0 Å². The maximum atomic E-state index is 12.8. The van der Waals surface area contributed by atoms with Crippen LogP contribution >= 0.6 is 0 Å². The van der Waals surface area contributed by atoms with E-state index in [9.17, 15) is 9.59 Å². The predicted octanol–water partition coefficient (Wildman–Crippen LogP) is 3.25. The van der Waals surface area contributed by atoms with Gasteiger partial charge in [0, 0.05) is 24.0 Å². The van der Waals surface area contributed by atoms with Crippen LogP contribution in [-0.4, -0.2) is 52.8 Å². The third-order valence-electron chi connectivity index (χ3n) is 5.54. The number of fused-ring (bicyclic) bond motifs is 3. The minimum absolute atomic E-state index is 0.0443. The highest BCUT2D eigenvalue weighted by molar-refractivity contribution is 6.04. The van der Waals surface area contributed by atoms with Crippen LogP contribution in [0.5, 0.6) is 0 Å². The van der Waals surface area contributed by atoms with E-state index in [-0.39, 0.29) is 11.5 Å². The first kappa shape index (κ1) is 20.8. The number of nitrogens with zero attached hydrogens (tertiary/aromatic N) is 3. The number of carbonyl (C=O) groups excluding carboxylic acids is 1. The van der Waals surface area contributed by atoms with Crippen molar-refractivity contribution in [2.75, 3.05) is 27.2 Å². The molecule has 2 aromatic carbocycles. The lowest BCUT2D eigenvalue weighted by molar-refractivity contribution is 0.0952. The number of carbonyl (C=O) groups is 1. The van der Waals surface area contributed by atoms with Gasteiger partial charge in [-0.05, 0) is 63.3 Å². The Bertz CT molecular complexity index is 1290. The quantitative estimate of drug-likeness (QED) is 0.452. The van der Waals surface area contributed by atoms with Crippen LogP contribution in [0.2, 0.25) is 0 Å². The zero-order chi connectivity index (χ0) is 22.0. The summed E-state index contributed by atoms with van der Waals surface area (Å²) in [6, 6.07) is 13.6. The SMILES string of the molecule is CCn1c(=O)c2cn[nH]c2c2ccc(-c3ccc(C(=O)NCCCN(C)C)cc3)cc21. The third kappa shape index (κ3) is 4.09. The van der Waals surface area contributed by atoms with Crippen molar-refractivity contribution in [1.29, 1.82) is 0 Å². The smallest absolute Gasteiger partial charge is 0.262 e. The van der Waals surface area contributed by atoms with Crippen LogP contribution in [0.3, 0.4) is 0 Å². The number of aryl methyl sites for hydroxylation is 1. The fourth-order valence-electron chi connectivity index (χ4n) is 3.88. The molecule has 0 spiro atoms. The Kier molecular flexibility index (Phi) is 5.86. The molecule has 2 aromatic heterocycles. The molecule has 0 bridgehead atoms. The first-order valence-corrected chi connectivity index (χ1v) is 10.5. The van der Waals surface area contributed by atoms with Gasteiger partial charge >= 0.3 is 0 Å². The van der Waals surface area contributed by atoms with Crippen molar-refractivity contribution in [2.24, 2.45) is 0 Å². The van der Waals surface area contributed by atoms with E-state index < -0.39 is 0 Å². The molecule has 0 fully saturated rings. The van der Waals surface area contributed by atoms with E-state index in [1.807, 2.05) is 63.5 Å². The number of aromatic amines is 1. The van der Waals surface area contributed by atoms with Crippen LogP contribution in [0.4, 0.5) is 0 Å². The maximum absolute atomic E-state index is 12.8. The minimum atomic E-state index is -0.0646. The molecule has 0 atom stereocenters. The zero-order valence-electron chi connectivity index (χ0n) is 18.1. The van der Waals surface area contributed by atoms with Gasteiger partial charge in [0.05, 0.1) is 22.6 Å². The summed E-state index contributed by atoms with van der Waals surface area (Å²) < 4.78 is 1.77. The normalized spacial score (nSPS) is 11.5. The molecule has 2 N–H and O–H groups in total. The van der Waals surface area contributed by atoms with E-state index >= 15 is 0 Å². The molecular weight excluding hydrogens is 390 g/mol. The second-order valence-electron chi connectivity index (χ2n) is 7.93. The molecule has 31 heavy (non-hydrogen) atoms. The highest BCUT2D eigenvalue weighted by Crippen LogP contribution is 2.27. The second kappa shape index (κ2) is 8.73. The molecule has 0 saturated heterocycles. The molecule has 160 valence electrons. The van der Waals surface area contributed by atoms with Crippen molar-refractivity contribution < 1.29 is 4.79 Å². The fourth-order valence-corrected chi connectivity index (χ4v) is 3.88. The average molecular weight is 418 g/mol. The van der Waals surface area contributed by atoms with Gasteiger partial charge in [-0.15, -0.1) is 0 Å². The second-order valence-corrected chi connectivity index (χ2v) is 7.93. The predicted molar refractivity (Wildman–Crippen MR) is 124 cm³/mol. The molecule has 0 aliphatic heterocycles. The summed E-state index contributed by atoms with van der Waals surface area (Å²) in [7, 11) is 4.04. The summed E-state index contributed by atoms with van der Waals surface area (Å²) >= 11 is 0. The number of nitrogens with one attached hydrogen (secondary N) is 2. The average Bonchev–Trinajstić information content (AvgIpc) is 3.27. The number of H-pyrrole nitrogens is 1. The van der Waals surface area contributed by atoms with Gasteiger partial charge in [0.25, 0.3) is 11.5 Å². The summed E-state index contributed by atoms with van der Waals surface area (Å²) in [5.41, 5.74) is 4.20. The molecule has 7 heteroatoms. The molecule has 0 aliphatic carbocycles. The van der Waals surface area contributed by atoms with Crippen LogP contribution in [-0.2, 0) is 6.54 Å². The van der Waals surface area contributed by atoms with E-state index in [4.69, 9.17) is 0 Å².